The summed E-state index contributed by atoms with van der Waals surface area (Å²) >= 11 is 0. The Morgan fingerprint density at radius 2 is 1.24 bits per heavy atom. The second-order valence-corrected chi connectivity index (χ2v) is 4.51. The van der Waals surface area contributed by atoms with Crippen LogP contribution in [0.3, 0.4) is 0 Å². The molecule has 0 spiro atoms. The minimum absolute atomic E-state index is 0.739. The van der Waals surface area contributed by atoms with Crippen molar-refractivity contribution in [3.8, 4) is 0 Å². The maximum Gasteiger partial charge on any atom is 0.119 e. The summed E-state index contributed by atoms with van der Waals surface area (Å²) in [4.78, 5) is 10.1. The van der Waals surface area contributed by atoms with Crippen LogP contribution in [0.5, 0.6) is 0 Å². The highest BCUT2D eigenvalue weighted by atomic mass is 16.1. The minimum Gasteiger partial charge on any atom is -0.303 e. The third-order valence-corrected chi connectivity index (χ3v) is 2.80. The van der Waals surface area contributed by atoms with Crippen LogP contribution in [0.15, 0.2) is 24.3 Å². The molecule has 98 valence electrons. The fraction of sp³-hybridized carbons (Fsp3) is 0.688. The lowest BCUT2D eigenvalue weighted by Crippen LogP contribution is -1.79. The van der Waals surface area contributed by atoms with Gasteiger partial charge in [0.15, 0.2) is 0 Å². The number of hydrogen-bond acceptors (Lipinski definition) is 1. The van der Waals surface area contributed by atoms with E-state index in [9.17, 15) is 4.79 Å². The molecule has 0 saturated carbocycles. The number of carbonyl (C=O) groups is 1. The average molecular weight is 236 g/mol. The van der Waals surface area contributed by atoms with Crippen LogP contribution in [0.4, 0.5) is 0 Å². The topological polar surface area (TPSA) is 17.1 Å². The van der Waals surface area contributed by atoms with Gasteiger partial charge in [-0.15, -0.1) is 0 Å². The van der Waals surface area contributed by atoms with Gasteiger partial charge in [-0.2, -0.15) is 0 Å². The summed E-state index contributed by atoms with van der Waals surface area (Å²) in [6.07, 6.45) is 21.7. The monoisotopic (exact) mass is 236 g/mol. The van der Waals surface area contributed by atoms with Gasteiger partial charge in [0, 0.05) is 6.42 Å². The van der Waals surface area contributed by atoms with Crippen LogP contribution in [0.1, 0.15) is 71.1 Å². The molecule has 0 N–H and O–H groups in total. The molecule has 1 heteroatoms. The third kappa shape index (κ3) is 15.1. The van der Waals surface area contributed by atoms with E-state index >= 15 is 0 Å². The van der Waals surface area contributed by atoms with Crippen molar-refractivity contribution in [2.24, 2.45) is 0 Å². The quantitative estimate of drug-likeness (QED) is 0.258. The van der Waals surface area contributed by atoms with E-state index in [1.165, 1.54) is 51.4 Å². The number of aldehydes is 1. The SMILES string of the molecule is CCCC/C=C\C=C\CCCCCCCC=O. The summed E-state index contributed by atoms with van der Waals surface area (Å²) in [7, 11) is 0. The molecule has 0 radical (unpaired) electrons. The van der Waals surface area contributed by atoms with Gasteiger partial charge in [-0.05, 0) is 25.7 Å². The Hall–Kier alpha value is -0.850. The zero-order valence-corrected chi connectivity index (χ0v) is 11.4. The van der Waals surface area contributed by atoms with Gasteiger partial charge in [0.1, 0.15) is 6.29 Å². The molecule has 0 saturated heterocycles. The van der Waals surface area contributed by atoms with E-state index in [2.05, 4.69) is 31.2 Å². The van der Waals surface area contributed by atoms with Gasteiger partial charge >= 0.3 is 0 Å². The van der Waals surface area contributed by atoms with Crippen molar-refractivity contribution in [3.63, 3.8) is 0 Å². The van der Waals surface area contributed by atoms with E-state index in [1.54, 1.807) is 0 Å². The predicted octanol–water partition coefficient (Wildman–Crippen LogP) is 5.22. The highest BCUT2D eigenvalue weighted by Crippen LogP contribution is 2.06. The van der Waals surface area contributed by atoms with Gasteiger partial charge in [-0.1, -0.05) is 63.3 Å². The Balaban J connectivity index is 3.13. The number of rotatable bonds is 12. The van der Waals surface area contributed by atoms with Crippen LogP contribution in [0.25, 0.3) is 0 Å². The zero-order chi connectivity index (χ0) is 12.6. The lowest BCUT2D eigenvalue weighted by atomic mass is 10.1. The van der Waals surface area contributed by atoms with Gasteiger partial charge in [0.2, 0.25) is 0 Å². The molecule has 0 aliphatic carbocycles. The Morgan fingerprint density at radius 3 is 1.82 bits per heavy atom. The molecular formula is C16H28O. The molecular weight excluding hydrogens is 208 g/mol. The molecule has 0 aromatic heterocycles. The van der Waals surface area contributed by atoms with Crippen molar-refractivity contribution in [2.45, 2.75) is 71.1 Å². The Morgan fingerprint density at radius 1 is 0.706 bits per heavy atom. The van der Waals surface area contributed by atoms with Crippen LogP contribution in [-0.2, 0) is 4.79 Å². The van der Waals surface area contributed by atoms with Crippen LogP contribution in [0.2, 0.25) is 0 Å². The highest BCUT2D eigenvalue weighted by Gasteiger charge is 1.88. The van der Waals surface area contributed by atoms with Crippen molar-refractivity contribution in [1.82, 2.24) is 0 Å². The first-order chi connectivity index (χ1) is 8.41. The van der Waals surface area contributed by atoms with Crippen molar-refractivity contribution in [3.05, 3.63) is 24.3 Å². The summed E-state index contributed by atoms with van der Waals surface area (Å²) in [6, 6.07) is 0. The van der Waals surface area contributed by atoms with E-state index in [0.29, 0.717) is 0 Å². The fourth-order valence-corrected chi connectivity index (χ4v) is 1.69. The second kappa shape index (κ2) is 15.1. The minimum atomic E-state index is 0.739. The molecule has 0 amide bonds. The number of hydrogen-bond donors (Lipinski definition) is 0. The van der Waals surface area contributed by atoms with Crippen LogP contribution in [-0.4, -0.2) is 6.29 Å². The number of allylic oxidation sites excluding steroid dienone is 4. The second-order valence-electron chi connectivity index (χ2n) is 4.51. The van der Waals surface area contributed by atoms with Gasteiger partial charge < -0.3 is 4.79 Å². The smallest absolute Gasteiger partial charge is 0.119 e. The van der Waals surface area contributed by atoms with E-state index in [0.717, 1.165) is 19.1 Å². The summed E-state index contributed by atoms with van der Waals surface area (Å²) in [5.74, 6) is 0. The molecule has 0 fully saturated rings. The van der Waals surface area contributed by atoms with Crippen molar-refractivity contribution in [1.29, 1.82) is 0 Å². The first kappa shape index (κ1) is 16.1. The fourth-order valence-electron chi connectivity index (χ4n) is 1.69. The van der Waals surface area contributed by atoms with Crippen molar-refractivity contribution < 1.29 is 4.79 Å². The van der Waals surface area contributed by atoms with Gasteiger partial charge in [0.25, 0.3) is 0 Å². The lowest BCUT2D eigenvalue weighted by molar-refractivity contribution is -0.107. The van der Waals surface area contributed by atoms with Crippen LogP contribution in [0, 0.1) is 0 Å². The molecule has 0 aromatic rings. The third-order valence-electron chi connectivity index (χ3n) is 2.80. The van der Waals surface area contributed by atoms with E-state index in [-0.39, 0.29) is 0 Å². The molecule has 0 aliphatic rings. The summed E-state index contributed by atoms with van der Waals surface area (Å²) in [5, 5.41) is 0. The molecule has 0 atom stereocenters. The molecule has 0 heterocycles. The average Bonchev–Trinajstić information content (AvgIpc) is 2.35. The standard InChI is InChI=1S/C16H28O/c1-2-3-4-5-6-7-8-9-10-11-12-13-14-15-16-17/h5-8,16H,2-4,9-15H2,1H3/b6-5-,8-7+. The van der Waals surface area contributed by atoms with E-state index < -0.39 is 0 Å². The first-order valence-corrected chi connectivity index (χ1v) is 7.17. The lowest BCUT2D eigenvalue weighted by Gasteiger charge is -1.96. The van der Waals surface area contributed by atoms with Crippen molar-refractivity contribution in [2.75, 3.05) is 0 Å². The Kier molecular flexibility index (Phi) is 14.4. The summed E-state index contributed by atoms with van der Waals surface area (Å²) < 4.78 is 0. The normalized spacial score (nSPS) is 11.6. The van der Waals surface area contributed by atoms with E-state index in [1.807, 2.05) is 0 Å². The van der Waals surface area contributed by atoms with Crippen LogP contribution < -0.4 is 0 Å². The maximum atomic E-state index is 10.1. The van der Waals surface area contributed by atoms with Gasteiger partial charge in [-0.3, -0.25) is 0 Å². The first-order valence-electron chi connectivity index (χ1n) is 7.17. The Labute approximate surface area is 107 Å². The highest BCUT2D eigenvalue weighted by molar-refractivity contribution is 5.48. The molecule has 0 aliphatic heterocycles. The van der Waals surface area contributed by atoms with Crippen LogP contribution >= 0.6 is 0 Å². The molecule has 0 bridgehead atoms. The maximum absolute atomic E-state index is 10.1. The predicted molar refractivity (Wildman–Crippen MR) is 76.2 cm³/mol. The number of carbonyl (C=O) groups excluding carboxylic acids is 1. The van der Waals surface area contributed by atoms with Gasteiger partial charge in [0.05, 0.1) is 0 Å². The van der Waals surface area contributed by atoms with Gasteiger partial charge in [-0.25, -0.2) is 0 Å². The van der Waals surface area contributed by atoms with E-state index in [4.69, 9.17) is 0 Å². The summed E-state index contributed by atoms with van der Waals surface area (Å²) in [6.45, 7) is 2.22. The molecule has 0 rings (SSSR count). The molecule has 17 heavy (non-hydrogen) atoms. The molecule has 1 nitrogen and oxygen atoms in total. The Bertz CT molecular complexity index is 204. The number of unbranched alkanes of at least 4 members (excludes halogenated alkanes) is 8. The zero-order valence-electron chi connectivity index (χ0n) is 11.4. The summed E-state index contributed by atoms with van der Waals surface area (Å²) in [5.41, 5.74) is 0. The molecule has 0 unspecified atom stereocenters. The largest absolute Gasteiger partial charge is 0.303 e. The van der Waals surface area contributed by atoms with Crippen molar-refractivity contribution >= 4 is 6.29 Å². The molecule has 0 aromatic carbocycles.